The van der Waals surface area contributed by atoms with Gasteiger partial charge in [-0.1, -0.05) is 0 Å². The number of nitrogens with zero attached hydrogens (tertiary/aromatic N) is 2. The molecule has 1 N–H and O–H groups in total. The third-order valence-corrected chi connectivity index (χ3v) is 4.43. The minimum atomic E-state index is -0.437. The minimum absolute atomic E-state index is 0.0507. The number of aromatic nitrogens is 1. The number of rotatable bonds is 2. The first-order valence-electron chi connectivity index (χ1n) is 7.89. The van der Waals surface area contributed by atoms with Gasteiger partial charge in [0.15, 0.2) is 0 Å². The highest BCUT2D eigenvalue weighted by atomic mass is 19.1. The van der Waals surface area contributed by atoms with Crippen molar-refractivity contribution >= 4 is 5.91 Å². The van der Waals surface area contributed by atoms with Crippen LogP contribution in [-0.4, -0.2) is 39.7 Å². The van der Waals surface area contributed by atoms with Gasteiger partial charge in [-0.05, 0) is 57.0 Å². The van der Waals surface area contributed by atoms with Gasteiger partial charge in [-0.2, -0.15) is 0 Å². The molecule has 1 atom stereocenters. The molecule has 23 heavy (non-hydrogen) atoms. The summed E-state index contributed by atoms with van der Waals surface area (Å²) < 4.78 is 15.1. The van der Waals surface area contributed by atoms with Crippen LogP contribution in [0.5, 0.6) is 0 Å². The van der Waals surface area contributed by atoms with Crippen molar-refractivity contribution in [3.63, 3.8) is 0 Å². The normalized spacial score (nSPS) is 18.3. The van der Waals surface area contributed by atoms with Crippen LogP contribution in [0.4, 0.5) is 4.39 Å². The molecule has 0 radical (unpaired) electrons. The van der Waals surface area contributed by atoms with E-state index in [2.05, 4.69) is 0 Å². The second-order valence-electron chi connectivity index (χ2n) is 6.14. The molecule has 2 aromatic rings. The van der Waals surface area contributed by atoms with Crippen LogP contribution in [0.3, 0.4) is 0 Å². The van der Waals surface area contributed by atoms with E-state index in [1.54, 1.807) is 17.0 Å². The summed E-state index contributed by atoms with van der Waals surface area (Å²) in [5.41, 5.74) is 3.23. The maximum atomic E-state index is 13.1. The average Bonchev–Trinajstić information content (AvgIpc) is 2.82. The molecule has 2 heterocycles. The molecule has 1 saturated heterocycles. The topological polar surface area (TPSA) is 45.5 Å². The van der Waals surface area contributed by atoms with Crippen LogP contribution >= 0.6 is 0 Å². The minimum Gasteiger partial charge on any atom is -0.391 e. The predicted octanol–water partition coefficient (Wildman–Crippen LogP) is 2.83. The molecule has 0 bridgehead atoms. The molecule has 0 aliphatic carbocycles. The number of carbonyl (C=O) groups is 1. The van der Waals surface area contributed by atoms with E-state index in [1.807, 2.05) is 24.5 Å². The molecule has 1 aromatic carbocycles. The van der Waals surface area contributed by atoms with E-state index in [-0.39, 0.29) is 11.7 Å². The van der Waals surface area contributed by atoms with Crippen molar-refractivity contribution in [2.24, 2.45) is 0 Å². The molecular weight excluding hydrogens is 295 g/mol. The molecule has 0 saturated carbocycles. The standard InChI is InChI=1S/C18H21FN2O2/c1-12-10-17(18(23)20-9-3-4-16(22)11-20)13(2)21(12)15-7-5-14(19)6-8-15/h5-8,10,16,22H,3-4,9,11H2,1-2H3. The molecule has 1 aliphatic rings. The van der Waals surface area contributed by atoms with Crippen molar-refractivity contribution in [2.75, 3.05) is 13.1 Å². The zero-order valence-corrected chi connectivity index (χ0v) is 13.4. The van der Waals surface area contributed by atoms with Crippen LogP contribution < -0.4 is 0 Å². The molecule has 1 fully saturated rings. The summed E-state index contributed by atoms with van der Waals surface area (Å²) in [4.78, 5) is 14.5. The molecule has 0 spiro atoms. The summed E-state index contributed by atoms with van der Waals surface area (Å²) in [7, 11) is 0. The lowest BCUT2D eigenvalue weighted by Gasteiger charge is -2.30. The maximum Gasteiger partial charge on any atom is 0.255 e. The van der Waals surface area contributed by atoms with Crippen molar-refractivity contribution in [2.45, 2.75) is 32.8 Å². The first-order valence-corrected chi connectivity index (χ1v) is 7.89. The van der Waals surface area contributed by atoms with Crippen molar-refractivity contribution < 1.29 is 14.3 Å². The lowest BCUT2D eigenvalue weighted by molar-refractivity contribution is 0.0473. The fourth-order valence-corrected chi connectivity index (χ4v) is 3.28. The summed E-state index contributed by atoms with van der Waals surface area (Å²) in [6, 6.07) is 8.10. The van der Waals surface area contributed by atoms with Crippen LogP contribution in [0.15, 0.2) is 30.3 Å². The van der Waals surface area contributed by atoms with Gasteiger partial charge in [0.25, 0.3) is 5.91 Å². The highest BCUT2D eigenvalue weighted by molar-refractivity contribution is 5.96. The van der Waals surface area contributed by atoms with Gasteiger partial charge >= 0.3 is 0 Å². The number of carbonyl (C=O) groups excluding carboxylic acids is 1. The number of likely N-dealkylation sites (tertiary alicyclic amines) is 1. The number of aryl methyl sites for hydroxylation is 1. The van der Waals surface area contributed by atoms with E-state index in [9.17, 15) is 14.3 Å². The Morgan fingerprint density at radius 3 is 2.61 bits per heavy atom. The molecule has 1 aliphatic heterocycles. The second-order valence-corrected chi connectivity index (χ2v) is 6.14. The van der Waals surface area contributed by atoms with E-state index < -0.39 is 6.10 Å². The molecule has 1 amide bonds. The van der Waals surface area contributed by atoms with E-state index in [4.69, 9.17) is 0 Å². The quantitative estimate of drug-likeness (QED) is 0.926. The Kier molecular flexibility index (Phi) is 4.22. The number of hydrogen-bond donors (Lipinski definition) is 1. The van der Waals surface area contributed by atoms with Gasteiger partial charge in [-0.15, -0.1) is 0 Å². The number of halogens is 1. The zero-order chi connectivity index (χ0) is 16.6. The Bertz CT molecular complexity index is 721. The summed E-state index contributed by atoms with van der Waals surface area (Å²) in [6.45, 7) is 4.89. The number of amides is 1. The average molecular weight is 316 g/mol. The molecule has 1 aromatic heterocycles. The van der Waals surface area contributed by atoms with Gasteiger partial charge in [0.2, 0.25) is 0 Å². The van der Waals surface area contributed by atoms with E-state index in [0.29, 0.717) is 18.7 Å². The molecular formula is C18H21FN2O2. The number of piperidine rings is 1. The lowest BCUT2D eigenvalue weighted by Crippen LogP contribution is -2.42. The predicted molar refractivity (Wildman–Crippen MR) is 86.3 cm³/mol. The zero-order valence-electron chi connectivity index (χ0n) is 13.4. The number of aliphatic hydroxyl groups is 1. The Hall–Kier alpha value is -2.14. The first kappa shape index (κ1) is 15.7. The van der Waals surface area contributed by atoms with E-state index >= 15 is 0 Å². The summed E-state index contributed by atoms with van der Waals surface area (Å²) >= 11 is 0. The summed E-state index contributed by atoms with van der Waals surface area (Å²) in [5.74, 6) is -0.333. The van der Waals surface area contributed by atoms with Crippen LogP contribution in [0.25, 0.3) is 5.69 Å². The Labute approximate surface area is 135 Å². The Morgan fingerprint density at radius 2 is 1.96 bits per heavy atom. The van der Waals surface area contributed by atoms with E-state index in [1.165, 1.54) is 12.1 Å². The van der Waals surface area contributed by atoms with Crippen molar-refractivity contribution in [1.29, 1.82) is 0 Å². The SMILES string of the molecule is Cc1cc(C(=O)N2CCCC(O)C2)c(C)n1-c1ccc(F)cc1. The van der Waals surface area contributed by atoms with Crippen LogP contribution in [0, 0.1) is 19.7 Å². The molecule has 1 unspecified atom stereocenters. The number of aliphatic hydroxyl groups excluding tert-OH is 1. The van der Waals surface area contributed by atoms with Crippen molar-refractivity contribution in [1.82, 2.24) is 9.47 Å². The Balaban J connectivity index is 1.94. The second kappa shape index (κ2) is 6.16. The first-order chi connectivity index (χ1) is 11.0. The third kappa shape index (κ3) is 3.01. The van der Waals surface area contributed by atoms with Gasteiger partial charge in [-0.3, -0.25) is 4.79 Å². The van der Waals surface area contributed by atoms with Gasteiger partial charge in [0, 0.05) is 30.2 Å². The van der Waals surface area contributed by atoms with Crippen molar-refractivity contribution in [3.8, 4) is 5.69 Å². The van der Waals surface area contributed by atoms with Crippen LogP contribution in [0.1, 0.15) is 34.6 Å². The summed E-state index contributed by atoms with van der Waals surface area (Å²) in [5, 5.41) is 9.77. The highest BCUT2D eigenvalue weighted by Crippen LogP contribution is 2.23. The fourth-order valence-electron chi connectivity index (χ4n) is 3.28. The molecule has 3 rings (SSSR count). The monoisotopic (exact) mass is 316 g/mol. The van der Waals surface area contributed by atoms with Gasteiger partial charge in [0.1, 0.15) is 5.82 Å². The smallest absolute Gasteiger partial charge is 0.255 e. The number of β-amino-alcohol motifs (C(OH)–C–C–N with tert-alkyl or cyclic N) is 1. The van der Waals surface area contributed by atoms with Gasteiger partial charge in [-0.25, -0.2) is 4.39 Å². The molecule has 4 nitrogen and oxygen atoms in total. The van der Waals surface area contributed by atoms with Crippen LogP contribution in [0.2, 0.25) is 0 Å². The number of benzene rings is 1. The Morgan fingerprint density at radius 1 is 1.26 bits per heavy atom. The van der Waals surface area contributed by atoms with Gasteiger partial charge < -0.3 is 14.6 Å². The van der Waals surface area contributed by atoms with Gasteiger partial charge in [0.05, 0.1) is 11.7 Å². The largest absolute Gasteiger partial charge is 0.391 e. The maximum absolute atomic E-state index is 13.1. The van der Waals surface area contributed by atoms with E-state index in [0.717, 1.165) is 29.9 Å². The fraction of sp³-hybridized carbons (Fsp3) is 0.389. The molecule has 5 heteroatoms. The van der Waals surface area contributed by atoms with Crippen molar-refractivity contribution in [3.05, 3.63) is 53.1 Å². The van der Waals surface area contributed by atoms with Crippen LogP contribution in [-0.2, 0) is 0 Å². The third-order valence-electron chi connectivity index (χ3n) is 4.43. The summed E-state index contributed by atoms with van der Waals surface area (Å²) in [6.07, 6.45) is 1.13. The highest BCUT2D eigenvalue weighted by Gasteiger charge is 2.26. The molecule has 122 valence electrons. The number of hydrogen-bond acceptors (Lipinski definition) is 2. The lowest BCUT2D eigenvalue weighted by atomic mass is 10.1.